The number of esters is 1. The highest BCUT2D eigenvalue weighted by molar-refractivity contribution is 5.82. The van der Waals surface area contributed by atoms with Gasteiger partial charge in [0, 0.05) is 19.6 Å². The van der Waals surface area contributed by atoms with Crippen molar-refractivity contribution in [1.82, 2.24) is 0 Å². The average molecular weight is 663 g/mol. The lowest BCUT2D eigenvalue weighted by atomic mass is 9.92. The molecule has 1 aromatic carbocycles. The fourth-order valence-electron chi connectivity index (χ4n) is 6.17. The van der Waals surface area contributed by atoms with Gasteiger partial charge < -0.3 is 33.2 Å². The van der Waals surface area contributed by atoms with Crippen molar-refractivity contribution in [2.45, 2.75) is 102 Å². The number of methoxy groups -OCH3 is 2. The van der Waals surface area contributed by atoms with E-state index in [0.29, 0.717) is 32.0 Å². The Balaban J connectivity index is 1.61. The lowest BCUT2D eigenvalue weighted by Crippen LogP contribution is -2.36. The number of rotatable bonds is 10. The van der Waals surface area contributed by atoms with E-state index in [-0.39, 0.29) is 25.1 Å². The summed E-state index contributed by atoms with van der Waals surface area (Å²) in [6.45, 7) is 9.67. The molecular weight excluding hydrogens is 608 g/mol. The SMILES string of the molecule is C=C1C/C=C/C(OCOC)C[C@@H]([C@H](/C=C/[C@@H]2CC(C)=CCO2)OCc2ccc(OC)cc2)OC(=O)/C=C\C[C@@H]2C=CC[C@@H](C[C@@H](C)C1)O2. The van der Waals surface area contributed by atoms with E-state index in [2.05, 4.69) is 44.7 Å². The molecule has 262 valence electrons. The molecular formula is C40H54O8. The molecule has 1 unspecified atom stereocenters. The fourth-order valence-corrected chi connectivity index (χ4v) is 6.17. The zero-order valence-corrected chi connectivity index (χ0v) is 29.1. The van der Waals surface area contributed by atoms with Crippen molar-refractivity contribution in [1.29, 1.82) is 0 Å². The van der Waals surface area contributed by atoms with Crippen LogP contribution in [0.3, 0.4) is 0 Å². The second-order valence-electron chi connectivity index (χ2n) is 13.0. The standard InChI is InChI=1S/C40H54O8/c1-29-9-6-12-35(46-28-42-4)26-39(48-40(41)14-8-11-34-10-7-13-37(47-34)25-31(3)23-29)38(20-19-36-24-30(2)21-22-44-36)45-27-32-15-17-33(43-5)18-16-32/h6-8,10,12,14-21,31,34-39H,1,9,11,13,22-28H2,2-5H3/b12-6+,14-8-,20-19+/t31-,34-,35?,36+,37-,38-,39-/m0/s1. The third-order valence-electron chi connectivity index (χ3n) is 8.68. The van der Waals surface area contributed by atoms with Crippen LogP contribution < -0.4 is 4.74 Å². The molecule has 0 saturated heterocycles. The molecule has 0 spiro atoms. The van der Waals surface area contributed by atoms with Gasteiger partial charge in [-0.3, -0.25) is 0 Å². The molecule has 1 aromatic rings. The molecule has 7 atom stereocenters. The van der Waals surface area contributed by atoms with Crippen LogP contribution in [0.5, 0.6) is 5.75 Å². The maximum atomic E-state index is 13.4. The van der Waals surface area contributed by atoms with Gasteiger partial charge in [-0.15, -0.1) is 0 Å². The minimum Gasteiger partial charge on any atom is -0.497 e. The molecule has 0 aliphatic carbocycles. The van der Waals surface area contributed by atoms with Crippen LogP contribution in [0, 0.1) is 5.92 Å². The lowest BCUT2D eigenvalue weighted by Gasteiger charge is -2.29. The fraction of sp³-hybridized carbons (Fsp3) is 0.525. The summed E-state index contributed by atoms with van der Waals surface area (Å²) in [6.07, 6.45) is 21.3. The lowest BCUT2D eigenvalue weighted by molar-refractivity contribution is -0.154. The van der Waals surface area contributed by atoms with Crippen LogP contribution in [0.2, 0.25) is 0 Å². The van der Waals surface area contributed by atoms with E-state index >= 15 is 0 Å². The summed E-state index contributed by atoms with van der Waals surface area (Å²) in [5.41, 5.74) is 3.39. The van der Waals surface area contributed by atoms with Crippen LogP contribution >= 0.6 is 0 Å². The third-order valence-corrected chi connectivity index (χ3v) is 8.68. The highest BCUT2D eigenvalue weighted by Gasteiger charge is 2.28. The van der Waals surface area contributed by atoms with Gasteiger partial charge in [-0.1, -0.05) is 85.4 Å². The molecule has 0 aromatic heterocycles. The number of hydrogen-bond acceptors (Lipinski definition) is 8. The first-order valence-electron chi connectivity index (χ1n) is 17.1. The van der Waals surface area contributed by atoms with Crippen LogP contribution in [0.25, 0.3) is 0 Å². The minimum absolute atomic E-state index is 0.0795. The zero-order chi connectivity index (χ0) is 34.1. The van der Waals surface area contributed by atoms with Crippen molar-refractivity contribution in [3.8, 4) is 5.75 Å². The highest BCUT2D eigenvalue weighted by atomic mass is 16.7. The summed E-state index contributed by atoms with van der Waals surface area (Å²) in [5, 5.41) is 0. The zero-order valence-electron chi connectivity index (χ0n) is 29.1. The van der Waals surface area contributed by atoms with Crippen molar-refractivity contribution in [2.75, 3.05) is 27.6 Å². The molecule has 48 heavy (non-hydrogen) atoms. The Morgan fingerprint density at radius 3 is 2.65 bits per heavy atom. The predicted octanol–water partition coefficient (Wildman–Crippen LogP) is 7.76. The molecule has 0 saturated carbocycles. The van der Waals surface area contributed by atoms with Crippen LogP contribution in [-0.4, -0.2) is 70.2 Å². The molecule has 0 radical (unpaired) electrons. The van der Waals surface area contributed by atoms with Gasteiger partial charge in [0.25, 0.3) is 0 Å². The molecule has 8 nitrogen and oxygen atoms in total. The second-order valence-corrected chi connectivity index (χ2v) is 13.0. The molecule has 2 bridgehead atoms. The maximum absolute atomic E-state index is 13.4. The number of carbonyl (C=O) groups is 1. The molecule has 3 aliphatic heterocycles. The first-order valence-corrected chi connectivity index (χ1v) is 17.1. The molecule has 4 rings (SSSR count). The average Bonchev–Trinajstić information content (AvgIpc) is 3.07. The monoisotopic (exact) mass is 662 g/mol. The maximum Gasteiger partial charge on any atom is 0.330 e. The predicted molar refractivity (Wildman–Crippen MR) is 188 cm³/mol. The molecule has 3 aliphatic rings. The van der Waals surface area contributed by atoms with Gasteiger partial charge in [0.05, 0.1) is 44.7 Å². The Kier molecular flexibility index (Phi) is 15.9. The summed E-state index contributed by atoms with van der Waals surface area (Å²) in [6, 6.07) is 7.72. The van der Waals surface area contributed by atoms with Crippen molar-refractivity contribution in [3.63, 3.8) is 0 Å². The van der Waals surface area contributed by atoms with Gasteiger partial charge >= 0.3 is 5.97 Å². The van der Waals surface area contributed by atoms with E-state index in [9.17, 15) is 4.79 Å². The van der Waals surface area contributed by atoms with Gasteiger partial charge in [0.1, 0.15) is 24.8 Å². The smallest absolute Gasteiger partial charge is 0.330 e. The van der Waals surface area contributed by atoms with Crippen LogP contribution in [0.15, 0.2) is 96.7 Å². The van der Waals surface area contributed by atoms with Gasteiger partial charge in [-0.2, -0.15) is 0 Å². The molecule has 0 N–H and O–H groups in total. The van der Waals surface area contributed by atoms with Crippen molar-refractivity contribution in [2.24, 2.45) is 5.92 Å². The molecule has 0 amide bonds. The van der Waals surface area contributed by atoms with Crippen LogP contribution in [-0.2, 0) is 39.8 Å². The summed E-state index contributed by atoms with van der Waals surface area (Å²) < 4.78 is 41.7. The molecule has 3 heterocycles. The second kappa shape index (κ2) is 20.3. The summed E-state index contributed by atoms with van der Waals surface area (Å²) in [4.78, 5) is 13.4. The minimum atomic E-state index is -0.680. The van der Waals surface area contributed by atoms with E-state index in [1.807, 2.05) is 48.6 Å². The van der Waals surface area contributed by atoms with E-state index in [1.54, 1.807) is 14.2 Å². The summed E-state index contributed by atoms with van der Waals surface area (Å²) >= 11 is 0. The Morgan fingerprint density at radius 2 is 1.88 bits per heavy atom. The number of ether oxygens (including phenoxy) is 7. The highest BCUT2D eigenvalue weighted by Crippen LogP contribution is 2.26. The number of allylic oxidation sites excluding steroid dienone is 2. The van der Waals surface area contributed by atoms with Crippen molar-refractivity contribution in [3.05, 3.63) is 102 Å². The summed E-state index contributed by atoms with van der Waals surface area (Å²) in [7, 11) is 3.23. The van der Waals surface area contributed by atoms with Crippen molar-refractivity contribution < 1.29 is 38.0 Å². The van der Waals surface area contributed by atoms with Gasteiger partial charge in [0.2, 0.25) is 0 Å². The molecule has 0 fully saturated rings. The quantitative estimate of drug-likeness (QED) is 0.143. The van der Waals surface area contributed by atoms with E-state index in [4.69, 9.17) is 33.2 Å². The Bertz CT molecular complexity index is 1290. The number of fused-ring (bicyclic) bond motifs is 2. The number of benzene rings is 1. The third kappa shape index (κ3) is 13.3. The Labute approximate surface area is 287 Å². The van der Waals surface area contributed by atoms with E-state index in [0.717, 1.165) is 49.0 Å². The van der Waals surface area contributed by atoms with Gasteiger partial charge in [-0.25, -0.2) is 4.79 Å². The van der Waals surface area contributed by atoms with Gasteiger partial charge in [0.15, 0.2) is 0 Å². The Morgan fingerprint density at radius 1 is 1.04 bits per heavy atom. The van der Waals surface area contributed by atoms with Crippen molar-refractivity contribution >= 4 is 5.97 Å². The van der Waals surface area contributed by atoms with Crippen LogP contribution in [0.1, 0.15) is 64.4 Å². The van der Waals surface area contributed by atoms with Crippen LogP contribution in [0.4, 0.5) is 0 Å². The topological polar surface area (TPSA) is 81.7 Å². The molecule has 8 heteroatoms. The summed E-state index contributed by atoms with van der Waals surface area (Å²) in [5.74, 6) is 0.762. The van der Waals surface area contributed by atoms with E-state index in [1.165, 1.54) is 11.6 Å². The van der Waals surface area contributed by atoms with Gasteiger partial charge in [-0.05, 0) is 69.1 Å². The first-order chi connectivity index (χ1) is 23.3. The first kappa shape index (κ1) is 37.5. The number of cyclic esters (lactones) is 1. The Hall–Kier alpha value is -3.27. The normalized spacial score (nSPS) is 29.7. The number of carbonyl (C=O) groups excluding carboxylic acids is 1. The number of hydrogen-bond donors (Lipinski definition) is 0. The van der Waals surface area contributed by atoms with E-state index < -0.39 is 24.3 Å². The largest absolute Gasteiger partial charge is 0.497 e.